The first-order valence-corrected chi connectivity index (χ1v) is 4.56. The van der Waals surface area contributed by atoms with Crippen LogP contribution in [0.4, 0.5) is 5.69 Å². The molecular weight excluding hydrogens is 170 g/mol. The summed E-state index contributed by atoms with van der Waals surface area (Å²) in [5.74, 6) is 0. The van der Waals surface area contributed by atoms with Gasteiger partial charge in [0.15, 0.2) is 0 Å². The van der Waals surface area contributed by atoms with Gasteiger partial charge in [0.25, 0.3) is 0 Å². The summed E-state index contributed by atoms with van der Waals surface area (Å²) in [6.45, 7) is 2.21. The van der Waals surface area contributed by atoms with Gasteiger partial charge < -0.3 is 4.90 Å². The minimum absolute atomic E-state index is 0.807. The van der Waals surface area contributed by atoms with Crippen LogP contribution in [0.2, 0.25) is 5.02 Å². The quantitative estimate of drug-likeness (QED) is 0.643. The summed E-state index contributed by atoms with van der Waals surface area (Å²) in [7, 11) is 0. The fraction of sp³-hybridized carbons (Fsp3) is 0.300. The Labute approximate surface area is 77.9 Å². The van der Waals surface area contributed by atoms with Gasteiger partial charge >= 0.3 is 0 Å². The maximum absolute atomic E-state index is 5.79. The van der Waals surface area contributed by atoms with E-state index in [-0.39, 0.29) is 0 Å². The van der Waals surface area contributed by atoms with E-state index in [0.29, 0.717) is 0 Å². The monoisotopic (exact) mass is 180 g/mol. The van der Waals surface area contributed by atoms with Crippen LogP contribution in [0, 0.1) is 6.42 Å². The lowest BCUT2D eigenvalue weighted by Gasteiger charge is -2.16. The molecule has 1 aromatic carbocycles. The zero-order chi connectivity index (χ0) is 8.39. The van der Waals surface area contributed by atoms with Crippen molar-refractivity contribution in [3.63, 3.8) is 0 Å². The number of anilines is 1. The van der Waals surface area contributed by atoms with Gasteiger partial charge in [-0.3, -0.25) is 0 Å². The lowest BCUT2D eigenvalue weighted by molar-refractivity contribution is 0.968. The number of benzene rings is 1. The second-order valence-electron chi connectivity index (χ2n) is 3.00. The highest BCUT2D eigenvalue weighted by Gasteiger charge is 2.11. The summed E-state index contributed by atoms with van der Waals surface area (Å²) in [6.07, 6.45) is 3.50. The average Bonchev–Trinajstić information content (AvgIpc) is 2.58. The second-order valence-corrected chi connectivity index (χ2v) is 3.44. The van der Waals surface area contributed by atoms with E-state index in [1.54, 1.807) is 0 Å². The fourth-order valence-electron chi connectivity index (χ4n) is 1.47. The molecule has 1 nitrogen and oxygen atoms in total. The van der Waals surface area contributed by atoms with Gasteiger partial charge in [-0.15, -0.1) is 0 Å². The average molecular weight is 181 g/mol. The summed E-state index contributed by atoms with van der Waals surface area (Å²) >= 11 is 5.79. The highest BCUT2D eigenvalue weighted by Crippen LogP contribution is 2.21. The van der Waals surface area contributed by atoms with Crippen LogP contribution in [0.25, 0.3) is 0 Å². The Morgan fingerprint density at radius 3 is 2.50 bits per heavy atom. The lowest BCUT2D eigenvalue weighted by Crippen LogP contribution is -2.17. The predicted octanol–water partition coefficient (Wildman–Crippen LogP) is 2.75. The van der Waals surface area contributed by atoms with E-state index in [1.807, 2.05) is 12.1 Å². The molecule has 1 saturated heterocycles. The number of hydrogen-bond donors (Lipinski definition) is 0. The van der Waals surface area contributed by atoms with Crippen molar-refractivity contribution in [1.82, 2.24) is 0 Å². The molecule has 1 heterocycles. The van der Waals surface area contributed by atoms with Gasteiger partial charge in [-0.05, 0) is 37.1 Å². The smallest absolute Gasteiger partial charge is 0.0407 e. The van der Waals surface area contributed by atoms with Crippen LogP contribution in [0.5, 0.6) is 0 Å². The van der Waals surface area contributed by atoms with Crippen LogP contribution in [-0.2, 0) is 0 Å². The Bertz CT molecular complexity index is 249. The van der Waals surface area contributed by atoms with Crippen molar-refractivity contribution in [3.05, 3.63) is 35.7 Å². The maximum atomic E-state index is 5.79. The van der Waals surface area contributed by atoms with Crippen LogP contribution in [0.3, 0.4) is 0 Å². The molecule has 0 aromatic heterocycles. The molecule has 1 aromatic rings. The Balaban J connectivity index is 2.17. The zero-order valence-corrected chi connectivity index (χ0v) is 7.59. The molecular formula is C10H11ClN. The molecule has 1 radical (unpaired) electrons. The minimum Gasteiger partial charge on any atom is -0.371 e. The molecule has 0 unspecified atom stereocenters. The minimum atomic E-state index is 0.807. The summed E-state index contributed by atoms with van der Waals surface area (Å²) in [5.41, 5.74) is 1.27. The molecule has 1 aliphatic heterocycles. The molecule has 0 N–H and O–H groups in total. The first-order valence-electron chi connectivity index (χ1n) is 4.18. The Morgan fingerprint density at radius 2 is 1.92 bits per heavy atom. The largest absolute Gasteiger partial charge is 0.371 e. The van der Waals surface area contributed by atoms with Crippen LogP contribution in [-0.4, -0.2) is 13.1 Å². The molecule has 1 aliphatic rings. The van der Waals surface area contributed by atoms with E-state index >= 15 is 0 Å². The normalized spacial score (nSPS) is 16.9. The molecule has 1 fully saturated rings. The van der Waals surface area contributed by atoms with Crippen LogP contribution >= 0.6 is 11.6 Å². The van der Waals surface area contributed by atoms with Crippen molar-refractivity contribution in [2.45, 2.75) is 6.42 Å². The predicted molar refractivity (Wildman–Crippen MR) is 52.6 cm³/mol. The Morgan fingerprint density at radius 1 is 1.17 bits per heavy atom. The first kappa shape index (κ1) is 7.93. The molecule has 2 rings (SSSR count). The molecule has 0 atom stereocenters. The topological polar surface area (TPSA) is 3.24 Å². The molecule has 0 bridgehead atoms. The van der Waals surface area contributed by atoms with Gasteiger partial charge in [-0.25, -0.2) is 0 Å². The summed E-state index contributed by atoms with van der Waals surface area (Å²) in [6, 6.07) is 8.02. The van der Waals surface area contributed by atoms with E-state index in [1.165, 1.54) is 12.1 Å². The van der Waals surface area contributed by atoms with E-state index in [0.717, 1.165) is 18.1 Å². The number of halogens is 1. The third kappa shape index (κ3) is 1.56. The van der Waals surface area contributed by atoms with E-state index in [2.05, 4.69) is 23.5 Å². The molecule has 63 valence electrons. The van der Waals surface area contributed by atoms with Gasteiger partial charge in [0.05, 0.1) is 0 Å². The standard InChI is InChI=1S/C10H11ClN/c11-9-3-5-10(6-4-9)12-7-1-2-8-12/h1,3-6H,2,7-8H2. The molecule has 2 heteroatoms. The van der Waals surface area contributed by atoms with Gasteiger partial charge in [-0.1, -0.05) is 11.6 Å². The van der Waals surface area contributed by atoms with E-state index in [9.17, 15) is 0 Å². The SMILES string of the molecule is Clc1ccc(N2C[CH]CC2)cc1. The Kier molecular flexibility index (Phi) is 2.22. The van der Waals surface area contributed by atoms with Crippen LogP contribution in [0.15, 0.2) is 24.3 Å². The summed E-state index contributed by atoms with van der Waals surface area (Å²) in [4.78, 5) is 2.34. The highest BCUT2D eigenvalue weighted by atomic mass is 35.5. The van der Waals surface area contributed by atoms with Crippen molar-refractivity contribution in [2.24, 2.45) is 0 Å². The highest BCUT2D eigenvalue weighted by molar-refractivity contribution is 6.30. The zero-order valence-electron chi connectivity index (χ0n) is 6.83. The third-order valence-corrected chi connectivity index (χ3v) is 2.40. The van der Waals surface area contributed by atoms with E-state index < -0.39 is 0 Å². The lowest BCUT2D eigenvalue weighted by atomic mass is 10.3. The molecule has 0 aliphatic carbocycles. The van der Waals surface area contributed by atoms with Crippen molar-refractivity contribution in [3.8, 4) is 0 Å². The van der Waals surface area contributed by atoms with Crippen LogP contribution < -0.4 is 4.90 Å². The molecule has 12 heavy (non-hydrogen) atoms. The summed E-state index contributed by atoms with van der Waals surface area (Å²) in [5, 5.41) is 0.807. The summed E-state index contributed by atoms with van der Waals surface area (Å²) < 4.78 is 0. The molecule has 0 saturated carbocycles. The number of nitrogens with zero attached hydrogens (tertiary/aromatic N) is 1. The third-order valence-electron chi connectivity index (χ3n) is 2.14. The van der Waals surface area contributed by atoms with Crippen molar-refractivity contribution in [2.75, 3.05) is 18.0 Å². The van der Waals surface area contributed by atoms with Gasteiger partial charge in [0.2, 0.25) is 0 Å². The first-order chi connectivity index (χ1) is 5.86. The number of rotatable bonds is 1. The van der Waals surface area contributed by atoms with Crippen molar-refractivity contribution < 1.29 is 0 Å². The van der Waals surface area contributed by atoms with Gasteiger partial charge in [0, 0.05) is 23.8 Å². The molecule has 0 spiro atoms. The van der Waals surface area contributed by atoms with Gasteiger partial charge in [0.1, 0.15) is 0 Å². The van der Waals surface area contributed by atoms with Crippen molar-refractivity contribution in [1.29, 1.82) is 0 Å². The van der Waals surface area contributed by atoms with Gasteiger partial charge in [-0.2, -0.15) is 0 Å². The second kappa shape index (κ2) is 3.36. The van der Waals surface area contributed by atoms with Crippen molar-refractivity contribution >= 4 is 17.3 Å². The molecule has 0 amide bonds. The Hall–Kier alpha value is -0.690. The maximum Gasteiger partial charge on any atom is 0.0407 e. The van der Waals surface area contributed by atoms with Crippen LogP contribution in [0.1, 0.15) is 6.42 Å². The van der Waals surface area contributed by atoms with E-state index in [4.69, 9.17) is 11.6 Å². The number of hydrogen-bond acceptors (Lipinski definition) is 1. The fourth-order valence-corrected chi connectivity index (χ4v) is 1.60.